The van der Waals surface area contributed by atoms with Gasteiger partial charge in [0.05, 0.1) is 18.0 Å². The predicted octanol–water partition coefficient (Wildman–Crippen LogP) is 6.08. The first-order valence-electron chi connectivity index (χ1n) is 12.9. The van der Waals surface area contributed by atoms with Gasteiger partial charge in [0.2, 0.25) is 0 Å². The van der Waals surface area contributed by atoms with Crippen LogP contribution in [-0.4, -0.2) is 35.0 Å². The highest BCUT2D eigenvalue weighted by atomic mass is 16.5. The number of nitrogens with zero attached hydrogens (tertiary/aromatic N) is 1. The van der Waals surface area contributed by atoms with Gasteiger partial charge in [-0.3, -0.25) is 9.59 Å². The van der Waals surface area contributed by atoms with E-state index in [1.165, 1.54) is 0 Å². The Morgan fingerprint density at radius 3 is 2.38 bits per heavy atom. The number of phenolic OH excluding ortho intramolecular Hbond substituents is 1. The molecule has 5 rings (SSSR count). The first kappa shape index (κ1) is 26.4. The lowest BCUT2D eigenvalue weighted by Gasteiger charge is -2.22. The molecule has 0 atom stereocenters. The van der Waals surface area contributed by atoms with E-state index in [9.17, 15) is 14.7 Å². The summed E-state index contributed by atoms with van der Waals surface area (Å²) in [5.74, 6) is 0.564. The van der Waals surface area contributed by atoms with Crippen molar-refractivity contribution >= 4 is 34.2 Å². The Labute approximate surface area is 231 Å². The van der Waals surface area contributed by atoms with Crippen molar-refractivity contribution in [2.75, 3.05) is 24.2 Å². The molecule has 0 aliphatic rings. The van der Waals surface area contributed by atoms with E-state index in [1.807, 2.05) is 24.3 Å². The molecule has 8 heteroatoms. The molecular formula is C32H29N3O5. The highest BCUT2D eigenvalue weighted by Gasteiger charge is 2.20. The zero-order valence-electron chi connectivity index (χ0n) is 21.7. The van der Waals surface area contributed by atoms with Crippen molar-refractivity contribution in [2.24, 2.45) is 0 Å². The first-order chi connectivity index (χ1) is 19.5. The van der Waals surface area contributed by atoms with Crippen molar-refractivity contribution in [1.29, 1.82) is 0 Å². The fourth-order valence-corrected chi connectivity index (χ4v) is 4.27. The van der Waals surface area contributed by atoms with Crippen LogP contribution in [0.4, 0.5) is 11.4 Å². The highest BCUT2D eigenvalue weighted by Crippen LogP contribution is 2.22. The van der Waals surface area contributed by atoms with Crippen LogP contribution in [0.25, 0.3) is 11.0 Å². The van der Waals surface area contributed by atoms with Crippen LogP contribution >= 0.6 is 0 Å². The van der Waals surface area contributed by atoms with E-state index in [4.69, 9.17) is 14.9 Å². The molecule has 0 radical (unpaired) electrons. The van der Waals surface area contributed by atoms with Gasteiger partial charge in [-0.25, -0.2) is 0 Å². The normalized spacial score (nSPS) is 10.8. The van der Waals surface area contributed by atoms with Crippen LogP contribution in [0.1, 0.15) is 32.9 Å². The van der Waals surface area contributed by atoms with Crippen molar-refractivity contribution in [1.82, 2.24) is 4.90 Å². The molecule has 0 unspecified atom stereocenters. The fraction of sp³-hybridized carbons (Fsp3) is 0.125. The molecule has 0 bridgehead atoms. The topological polar surface area (TPSA) is 118 Å². The Morgan fingerprint density at radius 1 is 0.900 bits per heavy atom. The zero-order valence-corrected chi connectivity index (χ0v) is 21.7. The standard InChI is InChI=1S/C32H29N3O5/c33-27-7-2-3-8-28(27)34-31(37)23-12-16-26(17-13-23)39-19-5-18-35(21-22-10-14-25(36)15-11-22)32(38)30-20-24-6-1-4-9-29(24)40-30/h1-4,6-17,20,36H,5,18-19,21,33H2,(H,34,37). The number of fused-ring (bicyclic) bond motifs is 1. The second-order valence-corrected chi connectivity index (χ2v) is 9.31. The molecule has 202 valence electrons. The first-order valence-corrected chi connectivity index (χ1v) is 12.9. The van der Waals surface area contributed by atoms with Gasteiger partial charge in [-0.2, -0.15) is 0 Å². The second kappa shape index (κ2) is 12.1. The summed E-state index contributed by atoms with van der Waals surface area (Å²) in [7, 11) is 0. The Morgan fingerprint density at radius 2 is 1.62 bits per heavy atom. The van der Waals surface area contributed by atoms with Gasteiger partial charge in [0.1, 0.15) is 17.1 Å². The van der Waals surface area contributed by atoms with E-state index >= 15 is 0 Å². The summed E-state index contributed by atoms with van der Waals surface area (Å²) in [6.07, 6.45) is 0.569. The van der Waals surface area contributed by atoms with Crippen molar-refractivity contribution in [3.63, 3.8) is 0 Å². The lowest BCUT2D eigenvalue weighted by Crippen LogP contribution is -2.32. The summed E-state index contributed by atoms with van der Waals surface area (Å²) in [5, 5.41) is 13.3. The Kier molecular flexibility index (Phi) is 7.97. The number of para-hydroxylation sites is 3. The number of ether oxygens (including phenoxy) is 1. The number of anilines is 2. The number of hydrogen-bond donors (Lipinski definition) is 3. The monoisotopic (exact) mass is 535 g/mol. The van der Waals surface area contributed by atoms with Gasteiger partial charge >= 0.3 is 0 Å². The van der Waals surface area contributed by atoms with Crippen LogP contribution in [0.15, 0.2) is 108 Å². The van der Waals surface area contributed by atoms with Crippen LogP contribution in [-0.2, 0) is 6.54 Å². The molecule has 0 aliphatic heterocycles. The Balaban J connectivity index is 1.19. The van der Waals surface area contributed by atoms with Gasteiger partial charge in [-0.1, -0.05) is 42.5 Å². The van der Waals surface area contributed by atoms with Crippen molar-refractivity contribution in [3.05, 3.63) is 120 Å². The molecule has 2 amide bonds. The number of aromatic hydroxyl groups is 1. The molecule has 1 aromatic heterocycles. The van der Waals surface area contributed by atoms with E-state index in [-0.39, 0.29) is 23.3 Å². The molecule has 0 spiro atoms. The summed E-state index contributed by atoms with van der Waals surface area (Å²) in [6, 6.07) is 29.9. The molecule has 40 heavy (non-hydrogen) atoms. The number of furan rings is 1. The van der Waals surface area contributed by atoms with Gasteiger partial charge in [-0.05, 0) is 72.6 Å². The minimum absolute atomic E-state index is 0.167. The highest BCUT2D eigenvalue weighted by molar-refractivity contribution is 6.05. The van der Waals surface area contributed by atoms with Crippen LogP contribution in [0.2, 0.25) is 0 Å². The second-order valence-electron chi connectivity index (χ2n) is 9.31. The van der Waals surface area contributed by atoms with Gasteiger partial charge in [0.25, 0.3) is 11.8 Å². The zero-order chi connectivity index (χ0) is 27.9. The summed E-state index contributed by atoms with van der Waals surface area (Å²) in [4.78, 5) is 27.7. The fourth-order valence-electron chi connectivity index (χ4n) is 4.27. The Bertz CT molecular complexity index is 1580. The molecule has 1 heterocycles. The van der Waals surface area contributed by atoms with E-state index in [1.54, 1.807) is 83.8 Å². The van der Waals surface area contributed by atoms with Crippen LogP contribution in [0.3, 0.4) is 0 Å². The molecule has 0 saturated heterocycles. The number of benzene rings is 4. The molecule has 0 saturated carbocycles. The average Bonchev–Trinajstić information content (AvgIpc) is 3.41. The lowest BCUT2D eigenvalue weighted by molar-refractivity contribution is 0.0704. The van der Waals surface area contributed by atoms with Gasteiger partial charge in [-0.15, -0.1) is 0 Å². The molecule has 5 aromatic rings. The number of nitrogens with two attached hydrogens (primary N) is 1. The molecule has 4 N–H and O–H groups in total. The maximum Gasteiger partial charge on any atom is 0.289 e. The summed E-state index contributed by atoms with van der Waals surface area (Å²) >= 11 is 0. The lowest BCUT2D eigenvalue weighted by atomic mass is 10.2. The third kappa shape index (κ3) is 6.42. The smallest absolute Gasteiger partial charge is 0.289 e. The van der Waals surface area contributed by atoms with Gasteiger partial charge < -0.3 is 30.2 Å². The predicted molar refractivity (Wildman–Crippen MR) is 154 cm³/mol. The minimum Gasteiger partial charge on any atom is -0.508 e. The minimum atomic E-state index is -0.265. The van der Waals surface area contributed by atoms with E-state index in [0.29, 0.717) is 54.4 Å². The molecule has 0 fully saturated rings. The molecule has 4 aromatic carbocycles. The number of hydrogen-bond acceptors (Lipinski definition) is 6. The Hall–Kier alpha value is -5.24. The van der Waals surface area contributed by atoms with E-state index in [0.717, 1.165) is 10.9 Å². The maximum absolute atomic E-state index is 13.4. The van der Waals surface area contributed by atoms with E-state index < -0.39 is 0 Å². The average molecular weight is 536 g/mol. The summed E-state index contributed by atoms with van der Waals surface area (Å²) < 4.78 is 11.7. The van der Waals surface area contributed by atoms with Gasteiger partial charge in [0.15, 0.2) is 5.76 Å². The van der Waals surface area contributed by atoms with Crippen molar-refractivity contribution < 1.29 is 23.8 Å². The number of nitrogens with one attached hydrogen (secondary N) is 1. The number of rotatable bonds is 10. The van der Waals surface area contributed by atoms with Gasteiger partial charge in [0, 0.05) is 24.0 Å². The number of amides is 2. The van der Waals surface area contributed by atoms with E-state index in [2.05, 4.69) is 5.32 Å². The number of phenols is 1. The van der Waals surface area contributed by atoms with Crippen LogP contribution in [0, 0.1) is 0 Å². The van der Waals surface area contributed by atoms with Crippen molar-refractivity contribution in [2.45, 2.75) is 13.0 Å². The number of carbonyl (C=O) groups is 2. The molecule has 8 nitrogen and oxygen atoms in total. The maximum atomic E-state index is 13.4. The largest absolute Gasteiger partial charge is 0.508 e. The third-order valence-electron chi connectivity index (χ3n) is 6.40. The summed E-state index contributed by atoms with van der Waals surface area (Å²) in [6.45, 7) is 1.15. The van der Waals surface area contributed by atoms with Crippen molar-refractivity contribution in [3.8, 4) is 11.5 Å². The SMILES string of the molecule is Nc1ccccc1NC(=O)c1ccc(OCCCN(Cc2ccc(O)cc2)C(=O)c2cc3ccccc3o2)cc1. The van der Waals surface area contributed by atoms with Crippen LogP contribution < -0.4 is 15.8 Å². The quantitative estimate of drug-likeness (QED) is 0.147. The molecular weight excluding hydrogens is 506 g/mol. The third-order valence-corrected chi connectivity index (χ3v) is 6.40. The number of carbonyl (C=O) groups excluding carboxylic acids is 2. The summed E-state index contributed by atoms with van der Waals surface area (Å²) in [5.41, 5.74) is 8.97. The number of nitrogen functional groups attached to an aromatic ring is 1. The molecule has 0 aliphatic carbocycles. The van der Waals surface area contributed by atoms with Crippen LogP contribution in [0.5, 0.6) is 11.5 Å².